The Kier molecular flexibility index (Phi) is 7.23. The van der Waals surface area contributed by atoms with Gasteiger partial charge in [0.2, 0.25) is 0 Å². The molecule has 2 aromatic rings. The summed E-state index contributed by atoms with van der Waals surface area (Å²) < 4.78 is 4.03. The fourth-order valence-corrected chi connectivity index (χ4v) is 7.86. The van der Waals surface area contributed by atoms with Crippen LogP contribution >= 0.6 is 0 Å². The second kappa shape index (κ2) is 8.73. The Balaban J connectivity index is 2.69. The Labute approximate surface area is 176 Å². The summed E-state index contributed by atoms with van der Waals surface area (Å²) in [4.78, 5) is 0. The predicted molar refractivity (Wildman–Crippen MR) is 127 cm³/mol. The molecule has 0 spiro atoms. The number of nitrogens with zero attached hydrogens (tertiary/aromatic N) is 1. The van der Waals surface area contributed by atoms with E-state index in [0.29, 0.717) is 11.3 Å². The summed E-state index contributed by atoms with van der Waals surface area (Å²) in [5.74, 6) is 8.20. The van der Waals surface area contributed by atoms with Gasteiger partial charge < -0.3 is 0 Å². The van der Waals surface area contributed by atoms with Crippen LogP contribution in [0.3, 0.4) is 0 Å². The van der Waals surface area contributed by atoms with E-state index in [1.54, 1.807) is 9.96 Å². The number of aromatic nitrogens is 1. The summed E-state index contributed by atoms with van der Waals surface area (Å²) in [5.41, 5.74) is 7.49. The molecule has 0 aliphatic carbocycles. The maximum atomic E-state index is 2.51. The van der Waals surface area contributed by atoms with E-state index in [4.69, 9.17) is 0 Å². The third-order valence-corrected chi connectivity index (χ3v) is 10.2. The average Bonchev–Trinajstić information content (AvgIpc) is 2.56. The first kappa shape index (κ1) is 23.2. The van der Waals surface area contributed by atoms with Crippen LogP contribution in [-0.4, -0.2) is 13.3 Å². The van der Waals surface area contributed by atoms with Crippen molar-refractivity contribution < 1.29 is 4.57 Å². The molecular weight excluding hydrogens is 399 g/mol. The quantitative estimate of drug-likeness (QED) is 0.355. The summed E-state index contributed by atoms with van der Waals surface area (Å²) in [6.45, 7) is 13.9. The van der Waals surface area contributed by atoms with Gasteiger partial charge in [-0.2, -0.15) is 0 Å². The first-order valence-corrected chi connectivity index (χ1v) is 18.4. The van der Waals surface area contributed by atoms with Crippen molar-refractivity contribution in [1.82, 2.24) is 0 Å². The van der Waals surface area contributed by atoms with E-state index < -0.39 is 13.3 Å². The summed E-state index contributed by atoms with van der Waals surface area (Å²) >= 11 is -1.95. The van der Waals surface area contributed by atoms with Crippen LogP contribution in [0.25, 0.3) is 11.3 Å². The molecule has 0 fully saturated rings. The van der Waals surface area contributed by atoms with Crippen LogP contribution < -0.4 is 8.96 Å². The fraction of sp³-hybridized carbons (Fsp3) is 0.577. The Bertz CT molecular complexity index is 818. The molecule has 0 aliphatic rings. The van der Waals surface area contributed by atoms with Crippen LogP contribution in [-0.2, 0) is 13.5 Å². The number of pyridine rings is 1. The first-order valence-electron chi connectivity index (χ1n) is 11.0. The zero-order valence-electron chi connectivity index (χ0n) is 20.0. The van der Waals surface area contributed by atoms with E-state index in [1.165, 1.54) is 35.2 Å². The van der Waals surface area contributed by atoms with Crippen LogP contribution in [0, 0.1) is 12.3 Å². The van der Waals surface area contributed by atoms with Gasteiger partial charge in [0.15, 0.2) is 0 Å². The third-order valence-electron chi connectivity index (χ3n) is 5.88. The van der Waals surface area contributed by atoms with Gasteiger partial charge in [-0.05, 0) is 0 Å². The number of rotatable bonds is 6. The number of hydrogen-bond donors (Lipinski definition) is 0. The Morgan fingerprint density at radius 1 is 1.00 bits per heavy atom. The molecule has 0 saturated carbocycles. The Morgan fingerprint density at radius 3 is 2.11 bits per heavy atom. The van der Waals surface area contributed by atoms with Crippen LogP contribution in [0.15, 0.2) is 30.5 Å². The van der Waals surface area contributed by atoms with E-state index >= 15 is 0 Å². The van der Waals surface area contributed by atoms with Gasteiger partial charge in [0.25, 0.3) is 0 Å². The van der Waals surface area contributed by atoms with E-state index in [0.717, 1.165) is 6.42 Å². The van der Waals surface area contributed by atoms with Gasteiger partial charge in [-0.15, -0.1) is 0 Å². The molecule has 0 bridgehead atoms. The third kappa shape index (κ3) is 5.50. The normalized spacial score (nSPS) is 12.7. The van der Waals surface area contributed by atoms with Crippen LogP contribution in [0.5, 0.6) is 0 Å². The average molecular weight is 441 g/mol. The molecule has 0 radical (unpaired) electrons. The van der Waals surface area contributed by atoms with Crippen molar-refractivity contribution in [2.75, 3.05) is 0 Å². The molecule has 0 atom stereocenters. The van der Waals surface area contributed by atoms with Crippen molar-refractivity contribution >= 4 is 17.7 Å². The van der Waals surface area contributed by atoms with E-state index in [9.17, 15) is 0 Å². The molecule has 1 aromatic heterocycles. The van der Waals surface area contributed by atoms with Gasteiger partial charge >= 0.3 is 177 Å². The van der Waals surface area contributed by atoms with Gasteiger partial charge in [-0.1, -0.05) is 0 Å². The van der Waals surface area contributed by atoms with E-state index in [2.05, 4.69) is 101 Å². The number of benzene rings is 1. The molecule has 28 heavy (non-hydrogen) atoms. The van der Waals surface area contributed by atoms with Crippen molar-refractivity contribution in [1.29, 1.82) is 0 Å². The topological polar surface area (TPSA) is 3.88 Å². The minimum absolute atomic E-state index is 0.297. The molecule has 2 rings (SSSR count). The molecular formula is C26H42GeN+. The molecule has 0 N–H and O–H groups in total. The zero-order chi connectivity index (χ0) is 21.3. The Morgan fingerprint density at radius 2 is 1.61 bits per heavy atom. The van der Waals surface area contributed by atoms with Crippen molar-refractivity contribution in [2.45, 2.75) is 84.0 Å². The van der Waals surface area contributed by atoms with Crippen LogP contribution in [0.2, 0.25) is 17.3 Å². The van der Waals surface area contributed by atoms with Gasteiger partial charge in [0.1, 0.15) is 0 Å². The van der Waals surface area contributed by atoms with Crippen LogP contribution in [0.4, 0.5) is 0 Å². The van der Waals surface area contributed by atoms with Gasteiger partial charge in [0, 0.05) is 0 Å². The number of hydrogen-bond acceptors (Lipinski definition) is 0. The van der Waals surface area contributed by atoms with Gasteiger partial charge in [-0.25, -0.2) is 0 Å². The Hall–Kier alpha value is -1.09. The standard InChI is InChI=1S/C26H42GeN/c1-11-20(12-2)21-14-13-19(3)23(15-21)25-16-22(17-26(4,5)6)24(18-28(25)10)27(7,8)9/h13-16,18,20H,11-12,17H2,1-10H3/q+1. The molecule has 154 valence electrons. The molecule has 0 saturated heterocycles. The molecule has 0 unspecified atom stereocenters. The molecule has 0 aliphatic heterocycles. The first-order chi connectivity index (χ1) is 12.9. The molecule has 1 aromatic carbocycles. The maximum absolute atomic E-state index is 2.51. The zero-order valence-corrected chi connectivity index (χ0v) is 22.1. The van der Waals surface area contributed by atoms with Gasteiger partial charge in [-0.3, -0.25) is 0 Å². The summed E-state index contributed by atoms with van der Waals surface area (Å²) in [5, 5.41) is 0. The van der Waals surface area contributed by atoms with Crippen molar-refractivity contribution in [2.24, 2.45) is 12.5 Å². The number of aryl methyl sites for hydroxylation is 2. The molecule has 1 heterocycles. The van der Waals surface area contributed by atoms with Crippen LogP contribution in [0.1, 0.15) is 70.1 Å². The van der Waals surface area contributed by atoms with E-state index in [-0.39, 0.29) is 0 Å². The summed E-state index contributed by atoms with van der Waals surface area (Å²) in [6.07, 6.45) is 6.01. The summed E-state index contributed by atoms with van der Waals surface area (Å²) in [6, 6.07) is 9.63. The van der Waals surface area contributed by atoms with Crippen molar-refractivity contribution in [3.05, 3.63) is 47.2 Å². The SMILES string of the molecule is CCC(CC)c1ccc(C)c(-c2cc(CC(C)(C)C)[c]([Ge]([CH3])([CH3])[CH3])c[n+]2C)c1. The van der Waals surface area contributed by atoms with Crippen molar-refractivity contribution in [3.63, 3.8) is 0 Å². The predicted octanol–water partition coefficient (Wildman–Crippen LogP) is 6.52. The molecule has 0 amide bonds. The summed E-state index contributed by atoms with van der Waals surface area (Å²) in [7, 11) is 2.23. The monoisotopic (exact) mass is 442 g/mol. The fourth-order valence-electron chi connectivity index (χ4n) is 4.28. The van der Waals surface area contributed by atoms with Crippen molar-refractivity contribution in [3.8, 4) is 11.3 Å². The second-order valence-corrected chi connectivity index (χ2v) is 21.4. The minimum atomic E-state index is -1.95. The van der Waals surface area contributed by atoms with E-state index in [1.807, 2.05) is 0 Å². The molecule has 2 heteroatoms. The second-order valence-electron chi connectivity index (χ2n) is 10.8. The van der Waals surface area contributed by atoms with Gasteiger partial charge in [0.05, 0.1) is 0 Å². The molecule has 1 nitrogen and oxygen atoms in total.